The van der Waals surface area contributed by atoms with Crippen molar-refractivity contribution in [3.63, 3.8) is 0 Å². The summed E-state index contributed by atoms with van der Waals surface area (Å²) < 4.78 is 12.1. The maximum atomic E-state index is 12.0. The molecule has 1 aromatic carbocycles. The Morgan fingerprint density at radius 3 is 2.71 bits per heavy atom. The molecule has 0 unspecified atom stereocenters. The van der Waals surface area contributed by atoms with Gasteiger partial charge in [0.15, 0.2) is 0 Å². The molecule has 0 spiro atoms. The Bertz CT molecular complexity index is 908. The number of carbonyl (C=O) groups is 1. The van der Waals surface area contributed by atoms with Crippen molar-refractivity contribution in [2.75, 3.05) is 24.6 Å². The molecule has 1 aliphatic heterocycles. The molecule has 2 atom stereocenters. The van der Waals surface area contributed by atoms with E-state index in [0.717, 1.165) is 61.9 Å². The summed E-state index contributed by atoms with van der Waals surface area (Å²) in [6, 6.07) is 12.2. The summed E-state index contributed by atoms with van der Waals surface area (Å²) in [4.78, 5) is 18.6. The van der Waals surface area contributed by atoms with Gasteiger partial charge in [0.2, 0.25) is 11.8 Å². The Morgan fingerprint density at radius 2 is 1.97 bits per heavy atom. The lowest BCUT2D eigenvalue weighted by Gasteiger charge is -2.20. The number of pyridine rings is 1. The van der Waals surface area contributed by atoms with Gasteiger partial charge in [-0.05, 0) is 62.3 Å². The van der Waals surface area contributed by atoms with Crippen molar-refractivity contribution in [2.24, 2.45) is 11.8 Å². The summed E-state index contributed by atoms with van der Waals surface area (Å²) in [7, 11) is 0. The fourth-order valence-electron chi connectivity index (χ4n) is 4.01. The minimum atomic E-state index is 0.0205. The molecule has 1 saturated heterocycles. The molecule has 2 heterocycles. The number of hydrogen-bond acceptors (Lipinski definition) is 5. The van der Waals surface area contributed by atoms with Crippen LogP contribution in [0.25, 0.3) is 0 Å². The van der Waals surface area contributed by atoms with E-state index in [2.05, 4.69) is 15.2 Å². The van der Waals surface area contributed by atoms with Gasteiger partial charge in [0.05, 0.1) is 19.2 Å². The predicted molar refractivity (Wildman–Crippen MR) is 119 cm³/mol. The number of rotatable bonds is 9. The second-order valence-corrected chi connectivity index (χ2v) is 9.15. The van der Waals surface area contributed by atoms with Crippen LogP contribution in [0.15, 0.2) is 42.6 Å². The van der Waals surface area contributed by atoms with Crippen LogP contribution in [0.5, 0.6) is 11.6 Å². The maximum Gasteiger partial charge on any atom is 0.223 e. The van der Waals surface area contributed by atoms with Crippen molar-refractivity contribution in [3.8, 4) is 11.6 Å². The SMILES string of the molecule is C[C@H](NC(=O)C1CC1)c1ccc(O[C@@H]2CCN(c3ccnc(OCC4CC4)c3)C2)cc1. The molecular formula is C25H31N3O3. The first-order valence-electron chi connectivity index (χ1n) is 11.5. The fraction of sp³-hybridized carbons (Fsp3) is 0.520. The second-order valence-electron chi connectivity index (χ2n) is 9.15. The number of aromatic nitrogens is 1. The minimum absolute atomic E-state index is 0.0205. The molecule has 1 aromatic heterocycles. The molecule has 0 radical (unpaired) electrons. The number of nitrogens with one attached hydrogen (secondary N) is 1. The number of anilines is 1. The van der Waals surface area contributed by atoms with Crippen molar-refractivity contribution in [3.05, 3.63) is 48.2 Å². The molecule has 31 heavy (non-hydrogen) atoms. The number of carbonyl (C=O) groups excluding carboxylic acids is 1. The standard InChI is InChI=1S/C25H31N3O3/c1-17(27-25(29)20-4-5-20)19-6-8-22(9-7-19)31-23-11-13-28(15-23)21-10-12-26-24(14-21)30-16-18-2-3-18/h6-10,12,14,17-18,20,23H,2-5,11,13,15-16H2,1H3,(H,27,29)/t17-,23+/m0/s1. The van der Waals surface area contributed by atoms with Gasteiger partial charge in [-0.15, -0.1) is 0 Å². The Balaban J connectivity index is 1.13. The van der Waals surface area contributed by atoms with Crippen LogP contribution in [0, 0.1) is 11.8 Å². The molecule has 6 nitrogen and oxygen atoms in total. The highest BCUT2D eigenvalue weighted by Gasteiger charge is 2.30. The van der Waals surface area contributed by atoms with Crippen LogP contribution < -0.4 is 19.7 Å². The van der Waals surface area contributed by atoms with Crippen molar-refractivity contribution in [1.29, 1.82) is 0 Å². The Labute approximate surface area is 183 Å². The third-order valence-electron chi connectivity index (χ3n) is 6.38. The highest BCUT2D eigenvalue weighted by atomic mass is 16.5. The first-order valence-corrected chi connectivity index (χ1v) is 11.5. The second kappa shape index (κ2) is 8.77. The molecule has 1 amide bonds. The van der Waals surface area contributed by atoms with Crippen LogP contribution in [-0.2, 0) is 4.79 Å². The van der Waals surface area contributed by atoms with Crippen LogP contribution >= 0.6 is 0 Å². The molecule has 2 saturated carbocycles. The molecule has 1 N–H and O–H groups in total. The fourth-order valence-corrected chi connectivity index (χ4v) is 4.01. The molecule has 5 rings (SSSR count). The van der Waals surface area contributed by atoms with Crippen LogP contribution in [0.4, 0.5) is 5.69 Å². The third-order valence-corrected chi connectivity index (χ3v) is 6.38. The Hall–Kier alpha value is -2.76. The van der Waals surface area contributed by atoms with Crippen LogP contribution in [-0.4, -0.2) is 36.7 Å². The molecule has 6 heteroatoms. The molecule has 3 fully saturated rings. The van der Waals surface area contributed by atoms with Gasteiger partial charge in [-0.25, -0.2) is 4.98 Å². The number of ether oxygens (including phenoxy) is 2. The van der Waals surface area contributed by atoms with Gasteiger partial charge in [0.25, 0.3) is 0 Å². The zero-order chi connectivity index (χ0) is 21.2. The Morgan fingerprint density at radius 1 is 1.16 bits per heavy atom. The lowest BCUT2D eigenvalue weighted by atomic mass is 10.1. The molecule has 2 aliphatic carbocycles. The molecule has 164 valence electrons. The average Bonchev–Trinajstić information content (AvgIpc) is 3.71. The van der Waals surface area contributed by atoms with E-state index in [0.29, 0.717) is 5.88 Å². The summed E-state index contributed by atoms with van der Waals surface area (Å²) in [6.45, 7) is 4.62. The number of hydrogen-bond donors (Lipinski definition) is 1. The van der Waals surface area contributed by atoms with Gasteiger partial charge in [-0.1, -0.05) is 12.1 Å². The van der Waals surface area contributed by atoms with Gasteiger partial charge in [0, 0.05) is 36.8 Å². The predicted octanol–water partition coefficient (Wildman–Crippen LogP) is 4.12. The first kappa shape index (κ1) is 20.2. The lowest BCUT2D eigenvalue weighted by molar-refractivity contribution is -0.122. The van der Waals surface area contributed by atoms with Gasteiger partial charge in [0.1, 0.15) is 11.9 Å². The van der Waals surface area contributed by atoms with Gasteiger partial charge < -0.3 is 19.7 Å². The van der Waals surface area contributed by atoms with Crippen molar-refractivity contribution in [1.82, 2.24) is 10.3 Å². The summed E-state index contributed by atoms with van der Waals surface area (Å²) in [5, 5.41) is 3.10. The topological polar surface area (TPSA) is 63.7 Å². The van der Waals surface area contributed by atoms with E-state index in [-0.39, 0.29) is 24.0 Å². The zero-order valence-electron chi connectivity index (χ0n) is 18.1. The summed E-state index contributed by atoms with van der Waals surface area (Å²) in [5.41, 5.74) is 2.24. The molecule has 2 aromatic rings. The smallest absolute Gasteiger partial charge is 0.223 e. The van der Waals surface area contributed by atoms with Gasteiger partial charge in [-0.3, -0.25) is 4.79 Å². The largest absolute Gasteiger partial charge is 0.489 e. The van der Waals surface area contributed by atoms with Crippen LogP contribution in [0.1, 0.15) is 50.6 Å². The number of amides is 1. The van der Waals surface area contributed by atoms with Gasteiger partial charge >= 0.3 is 0 Å². The summed E-state index contributed by atoms with van der Waals surface area (Å²) in [5.74, 6) is 2.72. The Kier molecular flexibility index (Phi) is 5.70. The van der Waals surface area contributed by atoms with E-state index in [1.54, 1.807) is 0 Å². The normalized spacial score (nSPS) is 21.6. The quantitative estimate of drug-likeness (QED) is 0.660. The van der Waals surface area contributed by atoms with E-state index < -0.39 is 0 Å². The van der Waals surface area contributed by atoms with E-state index >= 15 is 0 Å². The summed E-state index contributed by atoms with van der Waals surface area (Å²) in [6.07, 6.45) is 7.57. The average molecular weight is 422 g/mol. The van der Waals surface area contributed by atoms with Crippen molar-refractivity contribution in [2.45, 2.75) is 51.2 Å². The number of benzene rings is 1. The highest BCUT2D eigenvalue weighted by molar-refractivity contribution is 5.81. The van der Waals surface area contributed by atoms with E-state index in [1.165, 1.54) is 12.8 Å². The first-order chi connectivity index (χ1) is 15.1. The molecule has 0 bridgehead atoms. The van der Waals surface area contributed by atoms with E-state index in [1.807, 2.05) is 49.5 Å². The van der Waals surface area contributed by atoms with E-state index in [9.17, 15) is 4.79 Å². The molecular weight excluding hydrogens is 390 g/mol. The molecule has 3 aliphatic rings. The highest BCUT2D eigenvalue weighted by Crippen LogP contribution is 2.31. The van der Waals surface area contributed by atoms with Gasteiger partial charge in [-0.2, -0.15) is 0 Å². The van der Waals surface area contributed by atoms with Crippen molar-refractivity contribution >= 4 is 11.6 Å². The zero-order valence-corrected chi connectivity index (χ0v) is 18.1. The lowest BCUT2D eigenvalue weighted by Crippen LogP contribution is -2.27. The minimum Gasteiger partial charge on any atom is -0.489 e. The monoisotopic (exact) mass is 421 g/mol. The van der Waals surface area contributed by atoms with Crippen molar-refractivity contribution < 1.29 is 14.3 Å². The van der Waals surface area contributed by atoms with E-state index in [4.69, 9.17) is 9.47 Å². The number of nitrogens with zero attached hydrogens (tertiary/aromatic N) is 2. The maximum absolute atomic E-state index is 12.0. The van der Waals surface area contributed by atoms with Crippen LogP contribution in [0.2, 0.25) is 0 Å². The summed E-state index contributed by atoms with van der Waals surface area (Å²) >= 11 is 0. The van der Waals surface area contributed by atoms with Crippen LogP contribution in [0.3, 0.4) is 0 Å². The third kappa shape index (κ3) is 5.30.